The molecule has 7 heteroatoms. The van der Waals surface area contributed by atoms with Crippen LogP contribution in [0.25, 0.3) is 0 Å². The van der Waals surface area contributed by atoms with E-state index < -0.39 is 0 Å². The lowest BCUT2D eigenvalue weighted by atomic mass is 10.2. The van der Waals surface area contributed by atoms with Crippen molar-refractivity contribution in [3.63, 3.8) is 0 Å². The third-order valence-corrected chi connectivity index (χ3v) is 3.59. The molecule has 1 aromatic carbocycles. The molecule has 0 radical (unpaired) electrons. The summed E-state index contributed by atoms with van der Waals surface area (Å²) >= 11 is 3.41. The zero-order valence-electron chi connectivity index (χ0n) is 11.0. The van der Waals surface area contributed by atoms with Gasteiger partial charge in [0.25, 0.3) is 0 Å². The standard InChI is InChI=1S/C13H15BrN4O2/c1-9-6-10(2-3-12(9)14)15-13(20)8-18-7-11(4-5-19)16-17-18/h2-3,6-7,19H,4-5,8H2,1H3,(H,15,20). The van der Waals surface area contributed by atoms with E-state index in [2.05, 4.69) is 31.6 Å². The number of hydrogen-bond donors (Lipinski definition) is 2. The number of carbonyl (C=O) groups is 1. The minimum atomic E-state index is -0.174. The van der Waals surface area contributed by atoms with Gasteiger partial charge in [0.15, 0.2) is 0 Å². The third-order valence-electron chi connectivity index (χ3n) is 2.70. The molecule has 0 saturated heterocycles. The molecule has 2 rings (SSSR count). The van der Waals surface area contributed by atoms with E-state index in [4.69, 9.17) is 5.11 Å². The maximum atomic E-state index is 11.9. The first-order valence-electron chi connectivity index (χ1n) is 6.14. The van der Waals surface area contributed by atoms with Crippen LogP contribution in [0.5, 0.6) is 0 Å². The van der Waals surface area contributed by atoms with Crippen molar-refractivity contribution < 1.29 is 9.90 Å². The molecule has 0 unspecified atom stereocenters. The van der Waals surface area contributed by atoms with Gasteiger partial charge in [-0.25, -0.2) is 4.68 Å². The molecule has 1 heterocycles. The molecule has 0 aliphatic carbocycles. The van der Waals surface area contributed by atoms with Gasteiger partial charge in [-0.1, -0.05) is 21.1 Å². The second-order valence-electron chi connectivity index (χ2n) is 4.39. The van der Waals surface area contributed by atoms with Gasteiger partial charge in [0.05, 0.1) is 5.69 Å². The number of nitrogens with one attached hydrogen (secondary N) is 1. The van der Waals surface area contributed by atoms with Crippen LogP contribution in [-0.4, -0.2) is 32.6 Å². The molecule has 0 saturated carbocycles. The van der Waals surface area contributed by atoms with Crippen LogP contribution in [0.3, 0.4) is 0 Å². The Balaban J connectivity index is 1.95. The SMILES string of the molecule is Cc1cc(NC(=O)Cn2cc(CCO)nn2)ccc1Br. The molecule has 0 aliphatic rings. The van der Waals surface area contributed by atoms with Crippen molar-refractivity contribution >= 4 is 27.5 Å². The minimum absolute atomic E-state index is 0.0169. The first-order valence-corrected chi connectivity index (χ1v) is 6.93. The molecule has 2 N–H and O–H groups in total. The Morgan fingerprint density at radius 3 is 3.00 bits per heavy atom. The van der Waals surface area contributed by atoms with Gasteiger partial charge in [-0.3, -0.25) is 4.79 Å². The van der Waals surface area contributed by atoms with Crippen LogP contribution in [-0.2, 0) is 17.8 Å². The van der Waals surface area contributed by atoms with Gasteiger partial charge < -0.3 is 10.4 Å². The van der Waals surface area contributed by atoms with E-state index >= 15 is 0 Å². The number of hydrogen-bond acceptors (Lipinski definition) is 4. The number of rotatable bonds is 5. The molecule has 20 heavy (non-hydrogen) atoms. The second-order valence-corrected chi connectivity index (χ2v) is 5.25. The number of aryl methyl sites for hydroxylation is 1. The van der Waals surface area contributed by atoms with Crippen molar-refractivity contribution in [1.29, 1.82) is 0 Å². The molecule has 1 aromatic heterocycles. The van der Waals surface area contributed by atoms with E-state index in [0.29, 0.717) is 12.1 Å². The summed E-state index contributed by atoms with van der Waals surface area (Å²) in [6, 6.07) is 5.60. The number of carbonyl (C=O) groups excluding carboxylic acids is 1. The number of aliphatic hydroxyl groups excluding tert-OH is 1. The summed E-state index contributed by atoms with van der Waals surface area (Å²) < 4.78 is 2.45. The summed E-state index contributed by atoms with van der Waals surface area (Å²) in [5, 5.41) is 19.3. The number of aliphatic hydroxyl groups is 1. The predicted octanol–water partition coefficient (Wildman–Crippen LogP) is 1.52. The molecule has 106 valence electrons. The molecule has 6 nitrogen and oxygen atoms in total. The molecular weight excluding hydrogens is 324 g/mol. The van der Waals surface area contributed by atoms with E-state index in [1.807, 2.05) is 25.1 Å². The van der Waals surface area contributed by atoms with Crippen molar-refractivity contribution in [2.75, 3.05) is 11.9 Å². The second kappa shape index (κ2) is 6.62. The van der Waals surface area contributed by atoms with Crippen LogP contribution in [0.2, 0.25) is 0 Å². The predicted molar refractivity (Wildman–Crippen MR) is 78.3 cm³/mol. The average Bonchev–Trinajstić information content (AvgIpc) is 2.81. The highest BCUT2D eigenvalue weighted by Gasteiger charge is 2.07. The Kier molecular flexibility index (Phi) is 4.86. The summed E-state index contributed by atoms with van der Waals surface area (Å²) in [6.45, 7) is 2.06. The third kappa shape index (κ3) is 3.88. The number of nitrogens with zero attached hydrogens (tertiary/aromatic N) is 3. The molecule has 0 fully saturated rings. The van der Waals surface area contributed by atoms with Gasteiger partial charge in [0, 0.05) is 29.4 Å². The van der Waals surface area contributed by atoms with Crippen molar-refractivity contribution in [2.24, 2.45) is 0 Å². The van der Waals surface area contributed by atoms with Gasteiger partial charge in [0.1, 0.15) is 6.54 Å². The fourth-order valence-corrected chi connectivity index (χ4v) is 1.96. The summed E-state index contributed by atoms with van der Waals surface area (Å²) in [4.78, 5) is 11.9. The van der Waals surface area contributed by atoms with Crippen LogP contribution in [0.4, 0.5) is 5.69 Å². The average molecular weight is 339 g/mol. The lowest BCUT2D eigenvalue weighted by molar-refractivity contribution is -0.116. The topological polar surface area (TPSA) is 80.0 Å². The lowest BCUT2D eigenvalue weighted by Gasteiger charge is -2.06. The van der Waals surface area contributed by atoms with E-state index in [1.165, 1.54) is 4.68 Å². The van der Waals surface area contributed by atoms with Gasteiger partial charge in [-0.2, -0.15) is 0 Å². The Morgan fingerprint density at radius 1 is 1.50 bits per heavy atom. The number of halogens is 1. The van der Waals surface area contributed by atoms with Crippen molar-refractivity contribution in [3.8, 4) is 0 Å². The zero-order chi connectivity index (χ0) is 14.5. The summed E-state index contributed by atoms with van der Waals surface area (Å²) in [6.07, 6.45) is 2.09. The highest BCUT2D eigenvalue weighted by molar-refractivity contribution is 9.10. The van der Waals surface area contributed by atoms with Crippen LogP contribution in [0, 0.1) is 6.92 Å². The van der Waals surface area contributed by atoms with Crippen LogP contribution >= 0.6 is 15.9 Å². The Morgan fingerprint density at radius 2 is 2.30 bits per heavy atom. The largest absolute Gasteiger partial charge is 0.396 e. The summed E-state index contributed by atoms with van der Waals surface area (Å²) in [5.74, 6) is -0.174. The highest BCUT2D eigenvalue weighted by Crippen LogP contribution is 2.19. The van der Waals surface area contributed by atoms with E-state index in [0.717, 1.165) is 15.7 Å². The van der Waals surface area contributed by atoms with E-state index in [-0.39, 0.29) is 19.1 Å². The molecule has 0 aliphatic heterocycles. The quantitative estimate of drug-likeness (QED) is 0.866. The monoisotopic (exact) mass is 338 g/mol. The smallest absolute Gasteiger partial charge is 0.246 e. The normalized spacial score (nSPS) is 10.6. The van der Waals surface area contributed by atoms with Crippen LogP contribution in [0.15, 0.2) is 28.9 Å². The molecule has 2 aromatic rings. The lowest BCUT2D eigenvalue weighted by Crippen LogP contribution is -2.19. The van der Waals surface area contributed by atoms with Crippen LogP contribution in [0.1, 0.15) is 11.3 Å². The Hall–Kier alpha value is -1.73. The van der Waals surface area contributed by atoms with Gasteiger partial charge >= 0.3 is 0 Å². The molecule has 0 bridgehead atoms. The molecule has 0 spiro atoms. The van der Waals surface area contributed by atoms with Gasteiger partial charge in [-0.15, -0.1) is 5.10 Å². The first-order chi connectivity index (χ1) is 9.58. The molecule has 0 atom stereocenters. The number of anilines is 1. The summed E-state index contributed by atoms with van der Waals surface area (Å²) in [7, 11) is 0. The number of aromatic nitrogens is 3. The number of benzene rings is 1. The van der Waals surface area contributed by atoms with Gasteiger partial charge in [0.2, 0.25) is 5.91 Å². The fourth-order valence-electron chi connectivity index (χ4n) is 1.72. The maximum absolute atomic E-state index is 11.9. The van der Waals surface area contributed by atoms with E-state index in [9.17, 15) is 4.79 Å². The zero-order valence-corrected chi connectivity index (χ0v) is 12.6. The van der Waals surface area contributed by atoms with Crippen LogP contribution < -0.4 is 5.32 Å². The summed E-state index contributed by atoms with van der Waals surface area (Å²) in [5.41, 5.74) is 2.46. The Labute approximate surface area is 124 Å². The maximum Gasteiger partial charge on any atom is 0.246 e. The minimum Gasteiger partial charge on any atom is -0.396 e. The van der Waals surface area contributed by atoms with E-state index in [1.54, 1.807) is 6.20 Å². The van der Waals surface area contributed by atoms with Crippen molar-refractivity contribution in [1.82, 2.24) is 15.0 Å². The van der Waals surface area contributed by atoms with Crippen molar-refractivity contribution in [2.45, 2.75) is 19.9 Å². The first kappa shape index (κ1) is 14.7. The molecular formula is C13H15BrN4O2. The Bertz CT molecular complexity index is 612. The van der Waals surface area contributed by atoms with Gasteiger partial charge in [-0.05, 0) is 30.7 Å². The molecule has 1 amide bonds. The van der Waals surface area contributed by atoms with Crippen molar-refractivity contribution in [3.05, 3.63) is 40.1 Å². The highest BCUT2D eigenvalue weighted by atomic mass is 79.9. The fraction of sp³-hybridized carbons (Fsp3) is 0.308. The number of amides is 1.